The number of nitrogens with zero attached hydrogens (tertiary/aromatic N) is 2. The van der Waals surface area contributed by atoms with E-state index >= 15 is 0 Å². The van der Waals surface area contributed by atoms with Gasteiger partial charge in [0.05, 0.1) is 6.04 Å². The summed E-state index contributed by atoms with van der Waals surface area (Å²) in [6, 6.07) is 3.49. The van der Waals surface area contributed by atoms with Gasteiger partial charge in [0.2, 0.25) is 11.8 Å². The minimum atomic E-state index is -0.360. The highest BCUT2D eigenvalue weighted by atomic mass is 32.1. The van der Waals surface area contributed by atoms with Gasteiger partial charge >= 0.3 is 0 Å². The number of fused-ring (bicyclic) bond motifs is 1. The summed E-state index contributed by atoms with van der Waals surface area (Å²) in [5.41, 5.74) is 0. The van der Waals surface area contributed by atoms with Crippen molar-refractivity contribution in [3.05, 3.63) is 22.4 Å². The highest BCUT2D eigenvalue weighted by Crippen LogP contribution is 2.38. The third kappa shape index (κ3) is 2.27. The minimum absolute atomic E-state index is 0.000741. The molecule has 5 heteroatoms. The van der Waals surface area contributed by atoms with Crippen LogP contribution in [0.1, 0.15) is 44.5 Å². The van der Waals surface area contributed by atoms with E-state index in [0.29, 0.717) is 0 Å². The van der Waals surface area contributed by atoms with Crippen LogP contribution in [0.5, 0.6) is 0 Å². The van der Waals surface area contributed by atoms with Gasteiger partial charge in [-0.15, -0.1) is 11.3 Å². The third-order valence-electron chi connectivity index (χ3n) is 4.62. The van der Waals surface area contributed by atoms with Crippen molar-refractivity contribution in [2.45, 2.75) is 51.7 Å². The van der Waals surface area contributed by atoms with Crippen molar-refractivity contribution < 1.29 is 9.59 Å². The maximum absolute atomic E-state index is 12.9. The zero-order chi connectivity index (χ0) is 15.1. The molecule has 0 spiro atoms. The lowest BCUT2D eigenvalue weighted by molar-refractivity contribution is -0.162. The van der Waals surface area contributed by atoms with Gasteiger partial charge in [0.1, 0.15) is 12.1 Å². The lowest BCUT2D eigenvalue weighted by Crippen LogP contribution is -2.62. The molecule has 0 N–H and O–H groups in total. The van der Waals surface area contributed by atoms with Crippen molar-refractivity contribution >= 4 is 23.2 Å². The number of rotatable bonds is 3. The van der Waals surface area contributed by atoms with Gasteiger partial charge < -0.3 is 9.80 Å². The second-order valence-electron chi connectivity index (χ2n) is 6.32. The van der Waals surface area contributed by atoms with Crippen LogP contribution in [0.25, 0.3) is 0 Å². The molecule has 114 valence electrons. The summed E-state index contributed by atoms with van der Waals surface area (Å²) in [6.07, 6.45) is 1.75. The van der Waals surface area contributed by atoms with Gasteiger partial charge in [-0.3, -0.25) is 9.59 Å². The van der Waals surface area contributed by atoms with Crippen molar-refractivity contribution in [3.8, 4) is 0 Å². The van der Waals surface area contributed by atoms with Crippen LogP contribution in [0.2, 0.25) is 0 Å². The molecule has 1 aromatic rings. The van der Waals surface area contributed by atoms with Crippen molar-refractivity contribution in [1.82, 2.24) is 9.80 Å². The lowest BCUT2D eigenvalue weighted by Gasteiger charge is -2.45. The van der Waals surface area contributed by atoms with E-state index in [0.717, 1.165) is 19.4 Å². The molecule has 0 radical (unpaired) electrons. The Hall–Kier alpha value is -1.36. The smallest absolute Gasteiger partial charge is 0.246 e. The summed E-state index contributed by atoms with van der Waals surface area (Å²) >= 11 is 1.66. The molecule has 21 heavy (non-hydrogen) atoms. The summed E-state index contributed by atoms with van der Waals surface area (Å²) in [7, 11) is 0. The van der Waals surface area contributed by atoms with E-state index < -0.39 is 0 Å². The zero-order valence-electron chi connectivity index (χ0n) is 12.8. The molecule has 4 nitrogen and oxygen atoms in total. The summed E-state index contributed by atoms with van der Waals surface area (Å²) in [5.74, 6) is 0.529. The first-order valence-electron chi connectivity index (χ1n) is 7.68. The Morgan fingerprint density at radius 2 is 2.05 bits per heavy atom. The number of thiophene rings is 1. The first-order valence-corrected chi connectivity index (χ1v) is 8.56. The number of amides is 2. The molecule has 0 aromatic carbocycles. The maximum Gasteiger partial charge on any atom is 0.246 e. The van der Waals surface area contributed by atoms with E-state index in [1.165, 1.54) is 4.88 Å². The molecule has 2 fully saturated rings. The first-order chi connectivity index (χ1) is 10.0. The molecule has 2 amide bonds. The van der Waals surface area contributed by atoms with Crippen LogP contribution in [0, 0.1) is 5.92 Å². The first kappa shape index (κ1) is 14.6. The topological polar surface area (TPSA) is 40.6 Å². The Labute approximate surface area is 129 Å². The highest BCUT2D eigenvalue weighted by Gasteiger charge is 2.48. The Bertz CT molecular complexity index is 540. The molecular weight excluding hydrogens is 284 g/mol. The van der Waals surface area contributed by atoms with E-state index in [1.807, 2.05) is 23.3 Å². The van der Waals surface area contributed by atoms with Crippen LogP contribution in [0.4, 0.5) is 0 Å². The maximum atomic E-state index is 12.9. The van der Waals surface area contributed by atoms with E-state index in [1.54, 1.807) is 16.2 Å². The standard InChI is InChI=1S/C16H22N2O2S/c1-10(2)14(13-7-5-9-21-13)18-11(3)15(19)17-8-4-6-12(17)16(18)20/h5,7,9-12,14H,4,6,8H2,1-3H3. The lowest BCUT2D eigenvalue weighted by atomic mass is 9.95. The van der Waals surface area contributed by atoms with Crippen LogP contribution in [0.15, 0.2) is 17.5 Å². The molecule has 2 aliphatic rings. The average molecular weight is 306 g/mol. The van der Waals surface area contributed by atoms with Gasteiger partial charge in [0, 0.05) is 11.4 Å². The van der Waals surface area contributed by atoms with E-state index in [2.05, 4.69) is 19.9 Å². The van der Waals surface area contributed by atoms with E-state index in [9.17, 15) is 9.59 Å². The van der Waals surface area contributed by atoms with Crippen LogP contribution in [-0.2, 0) is 9.59 Å². The van der Waals surface area contributed by atoms with Gasteiger partial charge in [-0.25, -0.2) is 0 Å². The van der Waals surface area contributed by atoms with Crippen LogP contribution >= 0.6 is 11.3 Å². The number of carbonyl (C=O) groups excluding carboxylic acids is 2. The Morgan fingerprint density at radius 3 is 2.67 bits per heavy atom. The Balaban J connectivity index is 1.98. The SMILES string of the molecule is CC(C)C(c1cccs1)N1C(=O)C2CCCN2C(=O)C1C. The molecule has 0 saturated carbocycles. The number of piperazine rings is 1. The predicted molar refractivity (Wildman–Crippen MR) is 82.9 cm³/mol. The van der Waals surface area contributed by atoms with E-state index in [4.69, 9.17) is 0 Å². The van der Waals surface area contributed by atoms with Crippen molar-refractivity contribution in [1.29, 1.82) is 0 Å². The van der Waals surface area contributed by atoms with E-state index in [-0.39, 0.29) is 35.9 Å². The Morgan fingerprint density at radius 1 is 1.29 bits per heavy atom. The molecule has 3 rings (SSSR count). The van der Waals surface area contributed by atoms with Gasteiger partial charge in [-0.1, -0.05) is 19.9 Å². The number of hydrogen-bond acceptors (Lipinski definition) is 3. The van der Waals surface area contributed by atoms with Gasteiger partial charge in [-0.2, -0.15) is 0 Å². The molecule has 3 heterocycles. The molecule has 2 saturated heterocycles. The van der Waals surface area contributed by atoms with Crippen molar-refractivity contribution in [3.63, 3.8) is 0 Å². The van der Waals surface area contributed by atoms with Crippen LogP contribution < -0.4 is 0 Å². The van der Waals surface area contributed by atoms with Gasteiger partial charge in [0.25, 0.3) is 0 Å². The molecule has 3 atom stereocenters. The summed E-state index contributed by atoms with van der Waals surface area (Å²) in [6.45, 7) is 6.85. The highest BCUT2D eigenvalue weighted by molar-refractivity contribution is 7.10. The largest absolute Gasteiger partial charge is 0.329 e. The molecular formula is C16H22N2O2S. The van der Waals surface area contributed by atoms with Crippen molar-refractivity contribution in [2.24, 2.45) is 5.92 Å². The molecule has 0 bridgehead atoms. The van der Waals surface area contributed by atoms with Gasteiger partial charge in [-0.05, 0) is 37.1 Å². The average Bonchev–Trinajstić information content (AvgIpc) is 3.11. The number of carbonyl (C=O) groups is 2. The fourth-order valence-corrected chi connectivity index (χ4v) is 4.63. The summed E-state index contributed by atoms with van der Waals surface area (Å²) < 4.78 is 0. The molecule has 2 aliphatic heterocycles. The monoisotopic (exact) mass is 306 g/mol. The van der Waals surface area contributed by atoms with Crippen LogP contribution in [0.3, 0.4) is 0 Å². The fraction of sp³-hybridized carbons (Fsp3) is 0.625. The molecule has 3 unspecified atom stereocenters. The van der Waals surface area contributed by atoms with Crippen LogP contribution in [-0.4, -0.2) is 40.2 Å². The molecule has 0 aliphatic carbocycles. The number of hydrogen-bond donors (Lipinski definition) is 0. The minimum Gasteiger partial charge on any atom is -0.329 e. The normalized spacial score (nSPS) is 27.4. The Kier molecular flexibility index (Phi) is 3.78. The quantitative estimate of drug-likeness (QED) is 0.861. The van der Waals surface area contributed by atoms with Gasteiger partial charge in [0.15, 0.2) is 0 Å². The fourth-order valence-electron chi connectivity index (χ4n) is 3.63. The second-order valence-corrected chi connectivity index (χ2v) is 7.29. The summed E-state index contributed by atoms with van der Waals surface area (Å²) in [5, 5.41) is 2.04. The summed E-state index contributed by atoms with van der Waals surface area (Å²) in [4.78, 5) is 30.3. The second kappa shape index (κ2) is 5.44. The predicted octanol–water partition coefficient (Wildman–Crippen LogP) is 2.67. The zero-order valence-corrected chi connectivity index (χ0v) is 13.6. The third-order valence-corrected chi connectivity index (χ3v) is 5.56. The van der Waals surface area contributed by atoms with Crippen molar-refractivity contribution in [2.75, 3.05) is 6.54 Å². The molecule has 1 aromatic heterocycles.